The summed E-state index contributed by atoms with van der Waals surface area (Å²) in [5.74, 6) is -0.0770. The van der Waals surface area contributed by atoms with Gasteiger partial charge in [0.25, 0.3) is 0 Å². The van der Waals surface area contributed by atoms with Crippen molar-refractivity contribution in [2.45, 2.75) is 26.8 Å². The molecule has 3 rings (SSSR count). The molecule has 0 spiro atoms. The summed E-state index contributed by atoms with van der Waals surface area (Å²) in [4.78, 5) is 28.6. The van der Waals surface area contributed by atoms with Crippen molar-refractivity contribution in [3.05, 3.63) is 45.0 Å². The maximum atomic E-state index is 12.1. The van der Waals surface area contributed by atoms with E-state index in [2.05, 4.69) is 34.2 Å². The number of carbonyl (C=O) groups is 1. The Balaban J connectivity index is 1.51. The molecular weight excluding hydrogens is 348 g/mol. The Labute approximate surface area is 158 Å². The van der Waals surface area contributed by atoms with Crippen molar-refractivity contribution < 1.29 is 4.79 Å². The van der Waals surface area contributed by atoms with Crippen molar-refractivity contribution in [3.8, 4) is 0 Å². The topological polar surface area (TPSA) is 57.6 Å². The highest BCUT2D eigenvalue weighted by Crippen LogP contribution is 2.19. The monoisotopic (exact) mass is 374 g/mol. The van der Waals surface area contributed by atoms with E-state index < -0.39 is 0 Å². The molecule has 1 amide bonds. The molecule has 1 aliphatic rings. The minimum Gasteiger partial charge on any atom is -0.369 e. The quantitative estimate of drug-likeness (QED) is 0.844. The van der Waals surface area contributed by atoms with Crippen LogP contribution in [0.4, 0.5) is 11.4 Å². The van der Waals surface area contributed by atoms with Crippen LogP contribution in [0, 0.1) is 6.92 Å². The molecule has 1 saturated heterocycles. The van der Waals surface area contributed by atoms with Gasteiger partial charge in [0.1, 0.15) is 0 Å². The van der Waals surface area contributed by atoms with E-state index in [0.717, 1.165) is 44.1 Å². The first-order valence-electron chi connectivity index (χ1n) is 9.09. The predicted octanol–water partition coefficient (Wildman–Crippen LogP) is 2.39. The second-order valence-corrected chi connectivity index (χ2v) is 7.38. The van der Waals surface area contributed by atoms with E-state index in [-0.39, 0.29) is 17.2 Å². The predicted molar refractivity (Wildman–Crippen MR) is 107 cm³/mol. The van der Waals surface area contributed by atoms with Crippen molar-refractivity contribution in [2.24, 2.45) is 0 Å². The molecule has 0 radical (unpaired) electrons. The van der Waals surface area contributed by atoms with Crippen LogP contribution in [0.25, 0.3) is 0 Å². The molecule has 0 unspecified atom stereocenters. The summed E-state index contributed by atoms with van der Waals surface area (Å²) in [5.41, 5.74) is 2.89. The molecule has 0 atom stereocenters. The summed E-state index contributed by atoms with van der Waals surface area (Å²) in [6.45, 7) is 9.86. The molecule has 1 aromatic carbocycles. The van der Waals surface area contributed by atoms with Gasteiger partial charge in [-0.25, -0.2) is 0 Å². The molecular formula is C19H26N4O2S. The Kier molecular flexibility index (Phi) is 6.11. The first-order valence-corrected chi connectivity index (χ1v) is 9.97. The number of aromatic nitrogens is 1. The van der Waals surface area contributed by atoms with Crippen LogP contribution in [0.2, 0.25) is 0 Å². The number of piperazine rings is 1. The van der Waals surface area contributed by atoms with E-state index in [9.17, 15) is 9.59 Å². The third-order valence-corrected chi connectivity index (χ3v) is 5.76. The van der Waals surface area contributed by atoms with Crippen molar-refractivity contribution in [1.82, 2.24) is 9.47 Å². The van der Waals surface area contributed by atoms with Crippen LogP contribution >= 0.6 is 11.3 Å². The molecule has 1 fully saturated rings. The van der Waals surface area contributed by atoms with Gasteiger partial charge in [-0.3, -0.25) is 9.59 Å². The van der Waals surface area contributed by atoms with Crippen LogP contribution in [0.3, 0.4) is 0 Å². The van der Waals surface area contributed by atoms with Gasteiger partial charge in [0.05, 0.1) is 0 Å². The van der Waals surface area contributed by atoms with Gasteiger partial charge in [-0.1, -0.05) is 18.3 Å². The molecule has 2 aromatic rings. The summed E-state index contributed by atoms with van der Waals surface area (Å²) in [7, 11) is 0. The standard InChI is InChI=1S/C19H26N4O2S/c1-3-21-10-12-22(13-11-21)17-6-4-16(5-7-17)20-18(24)8-9-23-15(2)14-26-19(23)25/h4-7,14H,3,8-13H2,1-2H3,(H,20,24). The molecule has 0 saturated carbocycles. The summed E-state index contributed by atoms with van der Waals surface area (Å²) < 4.78 is 1.64. The maximum absolute atomic E-state index is 12.1. The Hall–Kier alpha value is -2.12. The number of nitrogens with zero attached hydrogens (tertiary/aromatic N) is 3. The van der Waals surface area contributed by atoms with Crippen LogP contribution < -0.4 is 15.1 Å². The van der Waals surface area contributed by atoms with Gasteiger partial charge in [-0.05, 0) is 37.7 Å². The number of thiazole rings is 1. The lowest BCUT2D eigenvalue weighted by Crippen LogP contribution is -2.46. The molecule has 26 heavy (non-hydrogen) atoms. The Morgan fingerprint density at radius 3 is 2.42 bits per heavy atom. The number of likely N-dealkylation sites (N-methyl/N-ethyl adjacent to an activating group) is 1. The molecule has 6 nitrogen and oxygen atoms in total. The first-order chi connectivity index (χ1) is 12.6. The normalized spacial score (nSPS) is 15.2. The number of rotatable bonds is 6. The van der Waals surface area contributed by atoms with E-state index in [1.807, 2.05) is 24.4 Å². The van der Waals surface area contributed by atoms with Gasteiger partial charge >= 0.3 is 4.87 Å². The zero-order valence-electron chi connectivity index (χ0n) is 15.4. The molecule has 7 heteroatoms. The zero-order valence-corrected chi connectivity index (χ0v) is 16.2. The largest absolute Gasteiger partial charge is 0.369 e. The fourth-order valence-electron chi connectivity index (χ4n) is 3.19. The Morgan fingerprint density at radius 1 is 1.15 bits per heavy atom. The van der Waals surface area contributed by atoms with E-state index in [0.29, 0.717) is 6.54 Å². The van der Waals surface area contributed by atoms with Gasteiger partial charge in [-0.15, -0.1) is 0 Å². The molecule has 0 bridgehead atoms. The van der Waals surface area contributed by atoms with E-state index in [1.54, 1.807) is 4.57 Å². The lowest BCUT2D eigenvalue weighted by Gasteiger charge is -2.35. The number of carbonyl (C=O) groups excluding carboxylic acids is 1. The Bertz CT molecular complexity index is 789. The molecule has 0 aliphatic carbocycles. The molecule has 1 aliphatic heterocycles. The van der Waals surface area contributed by atoms with E-state index >= 15 is 0 Å². The third kappa shape index (κ3) is 4.53. The molecule has 2 heterocycles. The number of amides is 1. The smallest absolute Gasteiger partial charge is 0.307 e. The zero-order chi connectivity index (χ0) is 18.5. The number of aryl methyl sites for hydroxylation is 1. The first kappa shape index (κ1) is 18.7. The molecule has 140 valence electrons. The van der Waals surface area contributed by atoms with E-state index in [1.165, 1.54) is 17.0 Å². The molecule has 1 N–H and O–H groups in total. The maximum Gasteiger partial charge on any atom is 0.307 e. The highest BCUT2D eigenvalue weighted by molar-refractivity contribution is 7.07. The van der Waals surface area contributed by atoms with Crippen LogP contribution in [0.15, 0.2) is 34.4 Å². The van der Waals surface area contributed by atoms with Gasteiger partial charge in [0, 0.05) is 61.6 Å². The highest BCUT2D eigenvalue weighted by Gasteiger charge is 2.15. The summed E-state index contributed by atoms with van der Waals surface area (Å²) in [5, 5.41) is 4.73. The Morgan fingerprint density at radius 2 is 1.85 bits per heavy atom. The van der Waals surface area contributed by atoms with Gasteiger partial charge in [-0.2, -0.15) is 0 Å². The SMILES string of the molecule is CCN1CCN(c2ccc(NC(=O)CCn3c(C)csc3=O)cc2)CC1. The average molecular weight is 375 g/mol. The average Bonchev–Trinajstić information content (AvgIpc) is 2.98. The number of benzene rings is 1. The molecule has 1 aromatic heterocycles. The lowest BCUT2D eigenvalue weighted by atomic mass is 10.2. The van der Waals surface area contributed by atoms with Crippen LogP contribution in [0.5, 0.6) is 0 Å². The summed E-state index contributed by atoms with van der Waals surface area (Å²) in [6, 6.07) is 8.01. The van der Waals surface area contributed by atoms with Crippen LogP contribution in [0.1, 0.15) is 19.0 Å². The van der Waals surface area contributed by atoms with Crippen LogP contribution in [-0.2, 0) is 11.3 Å². The van der Waals surface area contributed by atoms with Gasteiger partial charge < -0.3 is 19.7 Å². The van der Waals surface area contributed by atoms with E-state index in [4.69, 9.17) is 0 Å². The van der Waals surface area contributed by atoms with Crippen molar-refractivity contribution in [3.63, 3.8) is 0 Å². The lowest BCUT2D eigenvalue weighted by molar-refractivity contribution is -0.116. The van der Waals surface area contributed by atoms with Gasteiger partial charge in [0.15, 0.2) is 0 Å². The number of hydrogen-bond acceptors (Lipinski definition) is 5. The fourth-order valence-corrected chi connectivity index (χ4v) is 3.95. The highest BCUT2D eigenvalue weighted by atomic mass is 32.1. The van der Waals surface area contributed by atoms with Crippen molar-refractivity contribution in [1.29, 1.82) is 0 Å². The summed E-state index contributed by atoms with van der Waals surface area (Å²) in [6.07, 6.45) is 0.290. The second-order valence-electron chi connectivity index (χ2n) is 6.56. The number of hydrogen-bond donors (Lipinski definition) is 1. The van der Waals surface area contributed by atoms with Crippen molar-refractivity contribution >= 4 is 28.6 Å². The van der Waals surface area contributed by atoms with Gasteiger partial charge in [0.2, 0.25) is 5.91 Å². The fraction of sp³-hybridized carbons (Fsp3) is 0.474. The number of nitrogens with one attached hydrogen (secondary N) is 1. The number of anilines is 2. The minimum atomic E-state index is -0.0770. The minimum absolute atomic E-state index is 0.0113. The third-order valence-electron chi connectivity index (χ3n) is 4.87. The van der Waals surface area contributed by atoms with Crippen molar-refractivity contribution in [2.75, 3.05) is 42.9 Å². The summed E-state index contributed by atoms with van der Waals surface area (Å²) >= 11 is 1.17. The second kappa shape index (κ2) is 8.51. The van der Waals surface area contributed by atoms with Crippen LogP contribution in [-0.4, -0.2) is 48.1 Å².